The second-order valence-corrected chi connectivity index (χ2v) is 4.55. The van der Waals surface area contributed by atoms with Crippen LogP contribution in [0.3, 0.4) is 0 Å². The third kappa shape index (κ3) is 2.56. The Morgan fingerprint density at radius 3 is 2.20 bits per heavy atom. The van der Waals surface area contributed by atoms with Crippen molar-refractivity contribution in [2.75, 3.05) is 0 Å². The molecule has 1 rings (SSSR count). The van der Waals surface area contributed by atoms with Crippen LogP contribution in [0, 0.1) is 5.41 Å². The lowest BCUT2D eigenvalue weighted by Gasteiger charge is -2.39. The highest BCUT2D eigenvalue weighted by Gasteiger charge is 2.42. The molecule has 1 amide bonds. The van der Waals surface area contributed by atoms with E-state index in [-0.39, 0.29) is 12.2 Å². The average Bonchev–Trinajstić information content (AvgIpc) is 2.17. The fraction of sp³-hybridized carbons (Fsp3) is 0.818. The van der Waals surface area contributed by atoms with Crippen LogP contribution >= 0.6 is 0 Å². The number of nitrogens with two attached hydrogens (primary N) is 2. The minimum Gasteiger partial charge on any atom is -0.370 e. The summed E-state index contributed by atoms with van der Waals surface area (Å²) in [5.41, 5.74) is 10.6. The van der Waals surface area contributed by atoms with Crippen LogP contribution < -0.4 is 11.5 Å². The van der Waals surface area contributed by atoms with Crippen LogP contribution in [-0.2, 0) is 9.59 Å². The Hall–Kier alpha value is -0.900. The number of hydrogen-bond donors (Lipinski definition) is 2. The Bertz CT molecular complexity index is 257. The molecule has 1 saturated carbocycles. The van der Waals surface area contributed by atoms with Gasteiger partial charge in [-0.1, -0.05) is 19.3 Å². The summed E-state index contributed by atoms with van der Waals surface area (Å²) < 4.78 is 0. The summed E-state index contributed by atoms with van der Waals surface area (Å²) in [5.74, 6) is -0.315. The summed E-state index contributed by atoms with van der Waals surface area (Å²) in [4.78, 5) is 22.6. The van der Waals surface area contributed by atoms with E-state index < -0.39 is 17.4 Å². The molecule has 0 aromatic heterocycles. The lowest BCUT2D eigenvalue weighted by atomic mass is 9.66. The second kappa shape index (κ2) is 4.75. The van der Waals surface area contributed by atoms with Gasteiger partial charge in [-0.05, 0) is 19.8 Å². The summed E-state index contributed by atoms with van der Waals surface area (Å²) in [5, 5.41) is 0. The topological polar surface area (TPSA) is 86.2 Å². The maximum atomic E-state index is 11.7. The van der Waals surface area contributed by atoms with Gasteiger partial charge in [0.1, 0.15) is 5.78 Å². The van der Waals surface area contributed by atoms with Crippen LogP contribution in [0.25, 0.3) is 0 Å². The van der Waals surface area contributed by atoms with Gasteiger partial charge in [-0.2, -0.15) is 0 Å². The molecule has 0 aromatic carbocycles. The third-order valence-corrected chi connectivity index (χ3v) is 3.58. The Morgan fingerprint density at radius 2 is 1.80 bits per heavy atom. The summed E-state index contributed by atoms with van der Waals surface area (Å²) in [6.07, 6.45) is 4.91. The molecule has 86 valence electrons. The van der Waals surface area contributed by atoms with E-state index >= 15 is 0 Å². The number of amides is 1. The van der Waals surface area contributed by atoms with Gasteiger partial charge in [0, 0.05) is 17.9 Å². The largest absolute Gasteiger partial charge is 0.370 e. The van der Waals surface area contributed by atoms with Crippen LogP contribution in [0.4, 0.5) is 0 Å². The fourth-order valence-corrected chi connectivity index (χ4v) is 2.58. The van der Waals surface area contributed by atoms with E-state index in [1.165, 1.54) is 0 Å². The molecule has 1 aliphatic carbocycles. The maximum Gasteiger partial charge on any atom is 0.219 e. The molecule has 4 heteroatoms. The highest BCUT2D eigenvalue weighted by atomic mass is 16.1. The molecule has 4 N–H and O–H groups in total. The van der Waals surface area contributed by atoms with Crippen LogP contribution in [0.2, 0.25) is 0 Å². The van der Waals surface area contributed by atoms with E-state index in [0.29, 0.717) is 0 Å². The van der Waals surface area contributed by atoms with Crippen molar-refractivity contribution in [1.82, 2.24) is 0 Å². The third-order valence-electron chi connectivity index (χ3n) is 3.58. The normalized spacial score (nSPS) is 22.0. The molecule has 4 nitrogen and oxygen atoms in total. The first-order chi connectivity index (χ1) is 6.99. The highest BCUT2D eigenvalue weighted by Crippen LogP contribution is 2.40. The molecular weight excluding hydrogens is 192 g/mol. The molecule has 0 saturated heterocycles. The van der Waals surface area contributed by atoms with Crippen molar-refractivity contribution in [2.24, 2.45) is 16.9 Å². The minimum absolute atomic E-state index is 0.107. The van der Waals surface area contributed by atoms with Gasteiger partial charge < -0.3 is 11.5 Å². The number of rotatable bonds is 4. The lowest BCUT2D eigenvalue weighted by Crippen LogP contribution is -2.49. The fourth-order valence-electron chi connectivity index (χ4n) is 2.58. The summed E-state index contributed by atoms with van der Waals surface area (Å²) in [7, 11) is 0. The van der Waals surface area contributed by atoms with Gasteiger partial charge in [-0.15, -0.1) is 0 Å². The zero-order chi connectivity index (χ0) is 11.5. The highest BCUT2D eigenvalue weighted by molar-refractivity contribution is 5.84. The summed E-state index contributed by atoms with van der Waals surface area (Å²) in [6.45, 7) is 1.58. The number of Topliss-reactive ketones (excluding diaryl/α,β-unsaturated/α-hetero) is 1. The Morgan fingerprint density at radius 1 is 1.27 bits per heavy atom. The van der Waals surface area contributed by atoms with Crippen molar-refractivity contribution in [3.8, 4) is 0 Å². The first-order valence-electron chi connectivity index (χ1n) is 5.54. The van der Waals surface area contributed by atoms with Gasteiger partial charge in [0.15, 0.2) is 0 Å². The maximum absolute atomic E-state index is 11.7. The molecule has 0 heterocycles. The van der Waals surface area contributed by atoms with Crippen molar-refractivity contribution >= 4 is 11.7 Å². The summed E-state index contributed by atoms with van der Waals surface area (Å²) >= 11 is 0. The van der Waals surface area contributed by atoms with Crippen molar-refractivity contribution in [2.45, 2.75) is 51.5 Å². The second-order valence-electron chi connectivity index (χ2n) is 4.55. The SMILES string of the molecule is CC(=O)C1(C(N)CC(N)=O)CCCCC1. The molecular formula is C11H20N2O2. The van der Waals surface area contributed by atoms with Gasteiger partial charge in [0.25, 0.3) is 0 Å². The Balaban J connectivity index is 2.79. The monoisotopic (exact) mass is 212 g/mol. The predicted molar refractivity (Wildman–Crippen MR) is 58.0 cm³/mol. The van der Waals surface area contributed by atoms with E-state index in [2.05, 4.69) is 0 Å². The van der Waals surface area contributed by atoms with E-state index in [1.807, 2.05) is 0 Å². The van der Waals surface area contributed by atoms with Crippen molar-refractivity contribution in [3.05, 3.63) is 0 Å². The molecule has 1 atom stereocenters. The van der Waals surface area contributed by atoms with Gasteiger partial charge in [0.2, 0.25) is 5.91 Å². The smallest absolute Gasteiger partial charge is 0.219 e. The number of ketones is 1. The standard InChI is InChI=1S/C11H20N2O2/c1-8(14)11(5-3-2-4-6-11)9(12)7-10(13)15/h9H,2-7,12H2,1H3,(H2,13,15). The van der Waals surface area contributed by atoms with E-state index in [9.17, 15) is 9.59 Å². The summed E-state index contributed by atoms with van der Waals surface area (Å²) in [6, 6.07) is -0.409. The van der Waals surface area contributed by atoms with E-state index in [4.69, 9.17) is 11.5 Å². The molecule has 0 spiro atoms. The lowest BCUT2D eigenvalue weighted by molar-refractivity contribution is -0.130. The average molecular weight is 212 g/mol. The molecule has 0 aromatic rings. The minimum atomic E-state index is -0.493. The molecule has 15 heavy (non-hydrogen) atoms. The van der Waals surface area contributed by atoms with Crippen LogP contribution in [0.15, 0.2) is 0 Å². The zero-order valence-electron chi connectivity index (χ0n) is 9.29. The number of primary amides is 1. The molecule has 0 radical (unpaired) electrons. The molecule has 0 bridgehead atoms. The first kappa shape index (κ1) is 12.2. The Labute approximate surface area is 90.4 Å². The molecule has 1 unspecified atom stereocenters. The predicted octanol–water partition coefficient (Wildman–Crippen LogP) is 0.729. The first-order valence-corrected chi connectivity index (χ1v) is 5.54. The zero-order valence-corrected chi connectivity index (χ0v) is 9.29. The van der Waals surface area contributed by atoms with Crippen molar-refractivity contribution in [1.29, 1.82) is 0 Å². The Kier molecular flexibility index (Phi) is 3.85. The van der Waals surface area contributed by atoms with Crippen molar-refractivity contribution < 1.29 is 9.59 Å². The van der Waals surface area contributed by atoms with Gasteiger partial charge in [-0.25, -0.2) is 0 Å². The van der Waals surface area contributed by atoms with Gasteiger partial charge >= 0.3 is 0 Å². The number of carbonyl (C=O) groups excluding carboxylic acids is 2. The van der Waals surface area contributed by atoms with Crippen LogP contribution in [-0.4, -0.2) is 17.7 Å². The van der Waals surface area contributed by atoms with Crippen LogP contribution in [0.5, 0.6) is 0 Å². The van der Waals surface area contributed by atoms with Crippen LogP contribution in [0.1, 0.15) is 45.4 Å². The molecule has 0 aliphatic heterocycles. The van der Waals surface area contributed by atoms with Gasteiger partial charge in [0.05, 0.1) is 0 Å². The quantitative estimate of drug-likeness (QED) is 0.720. The van der Waals surface area contributed by atoms with Gasteiger partial charge in [-0.3, -0.25) is 9.59 Å². The van der Waals surface area contributed by atoms with E-state index in [1.54, 1.807) is 6.92 Å². The van der Waals surface area contributed by atoms with Crippen molar-refractivity contribution in [3.63, 3.8) is 0 Å². The molecule has 1 aliphatic rings. The number of carbonyl (C=O) groups is 2. The number of hydrogen-bond acceptors (Lipinski definition) is 3. The molecule has 1 fully saturated rings. The van der Waals surface area contributed by atoms with E-state index in [0.717, 1.165) is 32.1 Å².